The van der Waals surface area contributed by atoms with Crippen LogP contribution in [0.1, 0.15) is 34.7 Å². The first-order chi connectivity index (χ1) is 7.16. The minimum atomic E-state index is -0.00296. The van der Waals surface area contributed by atoms with E-state index in [0.717, 1.165) is 18.4 Å². The summed E-state index contributed by atoms with van der Waals surface area (Å²) in [4.78, 5) is 12.1. The summed E-state index contributed by atoms with van der Waals surface area (Å²) in [6.45, 7) is 0. The molecule has 3 heteroatoms. The zero-order chi connectivity index (χ0) is 10.6. The van der Waals surface area contributed by atoms with E-state index in [1.807, 2.05) is 18.2 Å². The molecule has 2 radical (unpaired) electrons. The predicted molar refractivity (Wildman–Crippen MR) is 64.3 cm³/mol. The number of alkyl halides is 1. The highest BCUT2D eigenvalue weighted by Crippen LogP contribution is 2.49. The number of carbonyl (C=O) groups is 1. The molecule has 1 fully saturated rings. The summed E-state index contributed by atoms with van der Waals surface area (Å²) in [5.74, 6) is 1.32. The molecule has 2 bridgehead atoms. The van der Waals surface area contributed by atoms with E-state index in [1.54, 1.807) is 0 Å². The summed E-state index contributed by atoms with van der Waals surface area (Å²) in [6, 6.07) is 5.75. The molecule has 1 aromatic carbocycles. The van der Waals surface area contributed by atoms with Gasteiger partial charge in [-0.3, -0.25) is 4.79 Å². The van der Waals surface area contributed by atoms with Gasteiger partial charge in [-0.1, -0.05) is 39.6 Å². The number of hydrogen-bond acceptors (Lipinski definition) is 1. The topological polar surface area (TPSA) is 17.1 Å². The van der Waals surface area contributed by atoms with Crippen LogP contribution in [0.25, 0.3) is 0 Å². The zero-order valence-electron chi connectivity index (χ0n) is 8.24. The Bertz CT molecular complexity index is 437. The first-order valence-electron chi connectivity index (χ1n) is 5.24. The molecular weight excluding hydrogens is 251 g/mol. The van der Waals surface area contributed by atoms with Crippen molar-refractivity contribution in [2.45, 2.75) is 23.6 Å². The van der Waals surface area contributed by atoms with Crippen molar-refractivity contribution < 1.29 is 4.79 Å². The largest absolute Gasteiger partial charge is 0.293 e. The van der Waals surface area contributed by atoms with Crippen molar-refractivity contribution in [2.24, 2.45) is 5.92 Å². The van der Waals surface area contributed by atoms with Gasteiger partial charge >= 0.3 is 0 Å². The maximum Gasteiger partial charge on any atom is 0.176 e. The lowest BCUT2D eigenvalue weighted by atomic mass is 9.72. The van der Waals surface area contributed by atoms with Gasteiger partial charge in [0.2, 0.25) is 0 Å². The lowest BCUT2D eigenvalue weighted by Gasteiger charge is -2.34. The molecule has 0 N–H and O–H groups in total. The summed E-state index contributed by atoms with van der Waals surface area (Å²) in [5, 5.41) is 0. The number of halogens is 1. The van der Waals surface area contributed by atoms with Crippen LogP contribution in [0.4, 0.5) is 0 Å². The molecule has 1 aromatic rings. The number of fused-ring (bicyclic) bond motifs is 1. The number of hydrogen-bond donors (Lipinski definition) is 0. The smallest absolute Gasteiger partial charge is 0.176 e. The lowest BCUT2D eigenvalue weighted by Crippen LogP contribution is -2.29. The van der Waals surface area contributed by atoms with E-state index in [4.69, 9.17) is 7.85 Å². The molecule has 0 aliphatic heterocycles. The molecule has 1 saturated carbocycles. The fourth-order valence-corrected chi connectivity index (χ4v) is 3.34. The van der Waals surface area contributed by atoms with Gasteiger partial charge in [0.05, 0.1) is 4.83 Å². The molecule has 1 unspecified atom stereocenters. The van der Waals surface area contributed by atoms with Gasteiger partial charge in [0.1, 0.15) is 7.85 Å². The zero-order valence-corrected chi connectivity index (χ0v) is 9.83. The molecule has 3 aliphatic rings. The molecule has 3 aliphatic carbocycles. The van der Waals surface area contributed by atoms with Gasteiger partial charge in [-0.2, -0.15) is 0 Å². The summed E-state index contributed by atoms with van der Waals surface area (Å²) in [5.41, 5.74) is 2.72. The summed E-state index contributed by atoms with van der Waals surface area (Å²) in [6.07, 6.45) is 2.27. The quantitative estimate of drug-likeness (QED) is 0.515. The van der Waals surface area contributed by atoms with Crippen LogP contribution in [-0.4, -0.2) is 18.5 Å². The van der Waals surface area contributed by atoms with E-state index < -0.39 is 0 Å². The third kappa shape index (κ3) is 1.32. The third-order valence-corrected chi connectivity index (χ3v) is 4.78. The van der Waals surface area contributed by atoms with E-state index in [0.29, 0.717) is 17.3 Å². The second-order valence-corrected chi connectivity index (χ2v) is 5.53. The highest BCUT2D eigenvalue weighted by atomic mass is 79.9. The van der Waals surface area contributed by atoms with Crippen molar-refractivity contribution in [3.8, 4) is 0 Å². The fourth-order valence-electron chi connectivity index (χ4n) is 2.66. The van der Waals surface area contributed by atoms with E-state index in [1.165, 1.54) is 5.56 Å². The molecule has 0 aromatic heterocycles. The first-order valence-corrected chi connectivity index (χ1v) is 6.16. The van der Waals surface area contributed by atoms with Crippen LogP contribution in [0.15, 0.2) is 18.2 Å². The Balaban J connectivity index is 2.18. The number of rotatable bonds is 0. The maximum atomic E-state index is 12.1. The first kappa shape index (κ1) is 9.65. The summed E-state index contributed by atoms with van der Waals surface area (Å²) < 4.78 is 0. The van der Waals surface area contributed by atoms with Crippen LogP contribution >= 0.6 is 15.9 Å². The third-order valence-electron chi connectivity index (χ3n) is 3.62. The van der Waals surface area contributed by atoms with Crippen LogP contribution in [0, 0.1) is 5.92 Å². The van der Waals surface area contributed by atoms with Crippen molar-refractivity contribution in [1.82, 2.24) is 0 Å². The average molecular weight is 261 g/mol. The normalized spacial score (nSPS) is 32.9. The standard InChI is InChI=1S/C12H10BBrO/c13-8-1-2-9-6-3-7(4-6)11(14)12(15)10(9)5-8/h1-2,5-7,11H,3-4H2. The van der Waals surface area contributed by atoms with Crippen molar-refractivity contribution in [1.29, 1.82) is 0 Å². The van der Waals surface area contributed by atoms with E-state index in [2.05, 4.69) is 15.9 Å². The van der Waals surface area contributed by atoms with Crippen LogP contribution < -0.4 is 5.46 Å². The molecule has 0 spiro atoms. The van der Waals surface area contributed by atoms with Crippen molar-refractivity contribution >= 4 is 35.0 Å². The average Bonchev–Trinajstić information content (AvgIpc) is 2.30. The highest BCUT2D eigenvalue weighted by Gasteiger charge is 2.43. The van der Waals surface area contributed by atoms with E-state index in [9.17, 15) is 4.79 Å². The lowest BCUT2D eigenvalue weighted by molar-refractivity contribution is 0.0960. The van der Waals surface area contributed by atoms with Crippen molar-refractivity contribution in [3.63, 3.8) is 0 Å². The van der Waals surface area contributed by atoms with Gasteiger partial charge in [-0.25, -0.2) is 0 Å². The Morgan fingerprint density at radius 1 is 1.33 bits per heavy atom. The van der Waals surface area contributed by atoms with Crippen LogP contribution in [-0.2, 0) is 0 Å². The number of Topliss-reactive ketones (excluding diaryl/α,β-unsaturated/α-hetero) is 1. The summed E-state index contributed by atoms with van der Waals surface area (Å²) >= 11 is 3.51. The van der Waals surface area contributed by atoms with Crippen LogP contribution in [0.3, 0.4) is 0 Å². The minimum Gasteiger partial charge on any atom is -0.293 e. The Hall–Kier alpha value is -0.565. The van der Waals surface area contributed by atoms with Gasteiger partial charge in [0.25, 0.3) is 0 Å². The van der Waals surface area contributed by atoms with Gasteiger partial charge in [-0.05, 0) is 30.2 Å². The number of carbonyl (C=O) groups excluding carboxylic acids is 1. The predicted octanol–water partition coefficient (Wildman–Crippen LogP) is 1.93. The molecular formula is C12H10BBrO. The van der Waals surface area contributed by atoms with Gasteiger partial charge in [-0.15, -0.1) is 0 Å². The van der Waals surface area contributed by atoms with Gasteiger partial charge < -0.3 is 0 Å². The second-order valence-electron chi connectivity index (χ2n) is 4.54. The number of benzene rings is 1. The second kappa shape index (κ2) is 3.21. The Morgan fingerprint density at radius 3 is 2.80 bits per heavy atom. The molecule has 1 atom stereocenters. The van der Waals surface area contributed by atoms with Gasteiger partial charge in [0.15, 0.2) is 5.78 Å². The molecule has 74 valence electrons. The van der Waals surface area contributed by atoms with Gasteiger partial charge in [0, 0.05) is 5.56 Å². The Morgan fingerprint density at radius 2 is 2.07 bits per heavy atom. The maximum absolute atomic E-state index is 12.1. The summed E-state index contributed by atoms with van der Waals surface area (Å²) in [7, 11) is 5.73. The van der Waals surface area contributed by atoms with Crippen molar-refractivity contribution in [2.75, 3.05) is 0 Å². The van der Waals surface area contributed by atoms with Crippen molar-refractivity contribution in [3.05, 3.63) is 29.3 Å². The van der Waals surface area contributed by atoms with Crippen LogP contribution in [0.5, 0.6) is 0 Å². The Labute approximate surface area is 98.8 Å². The molecule has 0 amide bonds. The molecule has 4 rings (SSSR count). The molecule has 1 nitrogen and oxygen atoms in total. The van der Waals surface area contributed by atoms with E-state index >= 15 is 0 Å². The van der Waals surface area contributed by atoms with Crippen LogP contribution in [0.2, 0.25) is 0 Å². The SMILES string of the molecule is [B]c1ccc2c(c1)C(=O)C(Br)C1CC2C1. The monoisotopic (exact) mass is 260 g/mol. The van der Waals surface area contributed by atoms with E-state index in [-0.39, 0.29) is 10.6 Å². The fraction of sp³-hybridized carbons (Fsp3) is 0.417. The molecule has 0 saturated heterocycles. The molecule has 15 heavy (non-hydrogen) atoms. The highest BCUT2D eigenvalue weighted by molar-refractivity contribution is 9.10. The molecule has 0 heterocycles. The minimum absolute atomic E-state index is 0.00296. The Kier molecular flexibility index (Phi) is 2.07. The number of ketones is 1.